The smallest absolute Gasteiger partial charge is 0.335 e. The minimum atomic E-state index is -1.02. The molecule has 6 heteroatoms. The van der Waals surface area contributed by atoms with Gasteiger partial charge in [0.05, 0.1) is 11.8 Å². The van der Waals surface area contributed by atoms with E-state index in [2.05, 4.69) is 10.4 Å². The first-order valence-electron chi connectivity index (χ1n) is 7.73. The van der Waals surface area contributed by atoms with E-state index in [0.717, 1.165) is 16.7 Å². The van der Waals surface area contributed by atoms with Crippen molar-refractivity contribution in [1.82, 2.24) is 15.1 Å². The SMILES string of the molecule is Cn1cc(-c2ccccc2CNC(=O)c2ccc(C(=O)O)cc2)cn1. The zero-order valence-corrected chi connectivity index (χ0v) is 13.6. The number of carbonyl (C=O) groups is 2. The first-order valence-corrected chi connectivity index (χ1v) is 7.73. The molecule has 25 heavy (non-hydrogen) atoms. The molecule has 0 bridgehead atoms. The van der Waals surface area contributed by atoms with Crippen molar-refractivity contribution in [1.29, 1.82) is 0 Å². The number of hydrogen-bond donors (Lipinski definition) is 2. The average molecular weight is 335 g/mol. The molecule has 0 aliphatic carbocycles. The number of amides is 1. The Balaban J connectivity index is 1.73. The number of nitrogens with zero attached hydrogens (tertiary/aromatic N) is 2. The largest absolute Gasteiger partial charge is 0.478 e. The van der Waals surface area contributed by atoms with E-state index in [4.69, 9.17) is 5.11 Å². The number of carboxylic acids is 1. The van der Waals surface area contributed by atoms with Crippen molar-refractivity contribution >= 4 is 11.9 Å². The summed E-state index contributed by atoms with van der Waals surface area (Å²) in [4.78, 5) is 23.1. The van der Waals surface area contributed by atoms with Gasteiger partial charge in [-0.2, -0.15) is 5.10 Å². The van der Waals surface area contributed by atoms with Crippen molar-refractivity contribution in [3.63, 3.8) is 0 Å². The molecule has 1 aromatic heterocycles. The van der Waals surface area contributed by atoms with Crippen molar-refractivity contribution in [3.8, 4) is 11.1 Å². The van der Waals surface area contributed by atoms with Gasteiger partial charge in [0.2, 0.25) is 0 Å². The van der Waals surface area contributed by atoms with Gasteiger partial charge >= 0.3 is 5.97 Å². The van der Waals surface area contributed by atoms with Gasteiger partial charge in [-0.25, -0.2) is 4.79 Å². The van der Waals surface area contributed by atoms with Crippen molar-refractivity contribution in [2.75, 3.05) is 0 Å². The molecule has 0 fully saturated rings. The molecule has 0 unspecified atom stereocenters. The summed E-state index contributed by atoms with van der Waals surface area (Å²) in [6, 6.07) is 13.6. The Morgan fingerprint density at radius 1 is 1.08 bits per heavy atom. The van der Waals surface area contributed by atoms with E-state index < -0.39 is 5.97 Å². The van der Waals surface area contributed by atoms with Gasteiger partial charge in [0.25, 0.3) is 5.91 Å². The zero-order chi connectivity index (χ0) is 17.8. The van der Waals surface area contributed by atoms with Crippen molar-refractivity contribution < 1.29 is 14.7 Å². The second kappa shape index (κ2) is 7.00. The number of carbonyl (C=O) groups excluding carboxylic acids is 1. The lowest BCUT2D eigenvalue weighted by atomic mass is 10.0. The molecule has 0 aliphatic rings. The molecule has 0 saturated carbocycles. The van der Waals surface area contributed by atoms with Gasteiger partial charge in [0.1, 0.15) is 0 Å². The van der Waals surface area contributed by atoms with Crippen LogP contribution in [0.4, 0.5) is 0 Å². The normalized spacial score (nSPS) is 10.4. The summed E-state index contributed by atoms with van der Waals surface area (Å²) in [5.74, 6) is -1.27. The molecule has 2 N–H and O–H groups in total. The van der Waals surface area contributed by atoms with Crippen LogP contribution in [0.5, 0.6) is 0 Å². The molecule has 3 aromatic rings. The summed E-state index contributed by atoms with van der Waals surface area (Å²) in [6.45, 7) is 0.366. The maximum atomic E-state index is 12.3. The highest BCUT2D eigenvalue weighted by molar-refractivity contribution is 5.95. The Bertz CT molecular complexity index is 914. The molecule has 0 spiro atoms. The van der Waals surface area contributed by atoms with Crippen molar-refractivity contribution in [2.24, 2.45) is 7.05 Å². The van der Waals surface area contributed by atoms with Crippen LogP contribution < -0.4 is 5.32 Å². The molecule has 0 aliphatic heterocycles. The Kier molecular flexibility index (Phi) is 4.61. The van der Waals surface area contributed by atoms with Crippen molar-refractivity contribution in [3.05, 3.63) is 77.6 Å². The van der Waals surface area contributed by atoms with Crippen LogP contribution in [0.15, 0.2) is 60.9 Å². The fourth-order valence-electron chi connectivity index (χ4n) is 2.56. The van der Waals surface area contributed by atoms with E-state index >= 15 is 0 Å². The number of hydrogen-bond acceptors (Lipinski definition) is 3. The Hall–Kier alpha value is -3.41. The van der Waals surface area contributed by atoms with Gasteiger partial charge in [-0.1, -0.05) is 24.3 Å². The predicted molar refractivity (Wildman–Crippen MR) is 93.2 cm³/mol. The monoisotopic (exact) mass is 335 g/mol. The van der Waals surface area contributed by atoms with Crippen LogP contribution in [-0.2, 0) is 13.6 Å². The van der Waals surface area contributed by atoms with Crippen LogP contribution in [0.1, 0.15) is 26.3 Å². The lowest BCUT2D eigenvalue weighted by Gasteiger charge is -2.10. The molecule has 1 heterocycles. The van der Waals surface area contributed by atoms with E-state index in [0.29, 0.717) is 12.1 Å². The Labute approximate surface area is 144 Å². The molecule has 1 amide bonds. The third kappa shape index (κ3) is 3.74. The summed E-state index contributed by atoms with van der Waals surface area (Å²) in [7, 11) is 1.86. The van der Waals surface area contributed by atoms with Gasteiger partial charge < -0.3 is 10.4 Å². The fraction of sp³-hybridized carbons (Fsp3) is 0.105. The third-order valence-electron chi connectivity index (χ3n) is 3.87. The molecule has 0 atom stereocenters. The van der Waals surface area contributed by atoms with E-state index in [1.54, 1.807) is 10.9 Å². The number of nitrogens with one attached hydrogen (secondary N) is 1. The van der Waals surface area contributed by atoms with E-state index in [-0.39, 0.29) is 11.5 Å². The highest BCUT2D eigenvalue weighted by Crippen LogP contribution is 2.22. The van der Waals surface area contributed by atoms with Crippen LogP contribution in [0.25, 0.3) is 11.1 Å². The number of rotatable bonds is 5. The summed E-state index contributed by atoms with van der Waals surface area (Å²) < 4.78 is 1.73. The van der Waals surface area contributed by atoms with Gasteiger partial charge in [-0.3, -0.25) is 9.48 Å². The van der Waals surface area contributed by atoms with Crippen LogP contribution in [0.2, 0.25) is 0 Å². The number of carboxylic acid groups (broad SMARTS) is 1. The first-order chi connectivity index (χ1) is 12.0. The van der Waals surface area contributed by atoms with Crippen LogP contribution in [0.3, 0.4) is 0 Å². The number of benzene rings is 2. The number of aromatic carboxylic acids is 1. The Morgan fingerprint density at radius 2 is 1.76 bits per heavy atom. The number of aryl methyl sites for hydroxylation is 1. The maximum Gasteiger partial charge on any atom is 0.335 e. The highest BCUT2D eigenvalue weighted by atomic mass is 16.4. The Morgan fingerprint density at radius 3 is 2.40 bits per heavy atom. The lowest BCUT2D eigenvalue weighted by molar-refractivity contribution is 0.0696. The third-order valence-corrected chi connectivity index (χ3v) is 3.87. The average Bonchev–Trinajstić information content (AvgIpc) is 3.06. The topological polar surface area (TPSA) is 84.2 Å². The molecule has 126 valence electrons. The molecular formula is C19H17N3O3. The standard InChI is InChI=1S/C19H17N3O3/c1-22-12-16(11-21-22)17-5-3-2-4-15(17)10-20-18(23)13-6-8-14(9-7-13)19(24)25/h2-9,11-12H,10H2,1H3,(H,20,23)(H,24,25). The van der Waals surface area contributed by atoms with E-state index in [1.807, 2.05) is 37.5 Å². The minimum absolute atomic E-state index is 0.151. The molecule has 3 rings (SSSR count). The molecule has 0 saturated heterocycles. The van der Waals surface area contributed by atoms with E-state index in [9.17, 15) is 9.59 Å². The minimum Gasteiger partial charge on any atom is -0.478 e. The van der Waals surface area contributed by atoms with Crippen molar-refractivity contribution in [2.45, 2.75) is 6.54 Å². The van der Waals surface area contributed by atoms with Gasteiger partial charge in [0, 0.05) is 30.9 Å². The second-order valence-corrected chi connectivity index (χ2v) is 5.63. The number of aromatic nitrogens is 2. The summed E-state index contributed by atoms with van der Waals surface area (Å²) in [5, 5.41) is 15.9. The maximum absolute atomic E-state index is 12.3. The van der Waals surface area contributed by atoms with Gasteiger partial charge in [0.15, 0.2) is 0 Å². The summed E-state index contributed by atoms with van der Waals surface area (Å²) in [6.07, 6.45) is 3.70. The molecular weight excluding hydrogens is 318 g/mol. The van der Waals surface area contributed by atoms with Crippen LogP contribution in [0, 0.1) is 0 Å². The van der Waals surface area contributed by atoms with Crippen LogP contribution >= 0.6 is 0 Å². The molecule has 6 nitrogen and oxygen atoms in total. The van der Waals surface area contributed by atoms with Gasteiger partial charge in [-0.15, -0.1) is 0 Å². The quantitative estimate of drug-likeness (QED) is 0.751. The highest BCUT2D eigenvalue weighted by Gasteiger charge is 2.10. The summed E-state index contributed by atoms with van der Waals surface area (Å²) in [5.41, 5.74) is 3.55. The van der Waals surface area contributed by atoms with Crippen LogP contribution in [-0.4, -0.2) is 26.8 Å². The molecule has 0 radical (unpaired) electrons. The zero-order valence-electron chi connectivity index (χ0n) is 13.6. The fourth-order valence-corrected chi connectivity index (χ4v) is 2.56. The van der Waals surface area contributed by atoms with E-state index in [1.165, 1.54) is 24.3 Å². The lowest BCUT2D eigenvalue weighted by Crippen LogP contribution is -2.23. The molecule has 2 aromatic carbocycles. The second-order valence-electron chi connectivity index (χ2n) is 5.63. The summed E-state index contributed by atoms with van der Waals surface area (Å²) >= 11 is 0. The first kappa shape index (κ1) is 16.4. The van der Waals surface area contributed by atoms with Gasteiger partial charge in [-0.05, 0) is 35.4 Å². The predicted octanol–water partition coefficient (Wildman–Crippen LogP) is 2.72.